The Morgan fingerprint density at radius 3 is 2.46 bits per heavy atom. The van der Waals surface area contributed by atoms with Gasteiger partial charge in [0, 0.05) is 7.11 Å². The van der Waals surface area contributed by atoms with Crippen LogP contribution in [0.5, 0.6) is 0 Å². The second kappa shape index (κ2) is 6.31. The monoisotopic (exact) mass is 349 g/mol. The van der Waals surface area contributed by atoms with Crippen molar-refractivity contribution in [2.24, 2.45) is 0 Å². The zero-order valence-corrected chi connectivity index (χ0v) is 15.1. The van der Waals surface area contributed by atoms with Gasteiger partial charge in [0.05, 0.1) is 16.9 Å². The quantitative estimate of drug-likeness (QED) is 0.869. The van der Waals surface area contributed by atoms with Crippen molar-refractivity contribution in [2.45, 2.75) is 50.3 Å². The van der Waals surface area contributed by atoms with E-state index in [1.165, 1.54) is 0 Å². The van der Waals surface area contributed by atoms with Gasteiger partial charge in [-0.05, 0) is 38.7 Å². The lowest BCUT2D eigenvalue weighted by Crippen LogP contribution is -2.50. The predicted octanol–water partition coefficient (Wildman–Crippen LogP) is 2.46. The third-order valence-corrected chi connectivity index (χ3v) is 6.49. The summed E-state index contributed by atoms with van der Waals surface area (Å²) < 4.78 is 35.7. The molecule has 0 radical (unpaired) electrons. The van der Waals surface area contributed by atoms with Crippen LogP contribution in [-0.2, 0) is 27.0 Å². The van der Waals surface area contributed by atoms with E-state index in [4.69, 9.17) is 4.74 Å². The molecular formula is C17H23N3O3S. The first-order valence-electron chi connectivity index (χ1n) is 8.02. The second-order valence-corrected chi connectivity index (χ2v) is 7.94. The lowest BCUT2D eigenvalue weighted by Gasteiger charge is -2.42. The molecule has 24 heavy (non-hydrogen) atoms. The maximum atomic E-state index is 13.1. The van der Waals surface area contributed by atoms with Crippen LogP contribution < -0.4 is 4.72 Å². The third-order valence-electron chi connectivity index (χ3n) is 4.70. The zero-order valence-electron chi connectivity index (χ0n) is 14.2. The minimum Gasteiger partial charge on any atom is -0.362 e. The minimum absolute atomic E-state index is 0.228. The molecule has 1 N–H and O–H groups in total. The Hall–Kier alpha value is -1.70. The highest BCUT2D eigenvalue weighted by Crippen LogP contribution is 2.42. The average molecular weight is 349 g/mol. The van der Waals surface area contributed by atoms with Crippen molar-refractivity contribution < 1.29 is 13.2 Å². The molecule has 0 saturated heterocycles. The molecule has 2 aromatic rings. The van der Waals surface area contributed by atoms with Gasteiger partial charge in [-0.2, -0.15) is 5.10 Å². The number of methoxy groups -OCH3 is 1. The summed E-state index contributed by atoms with van der Waals surface area (Å²) in [6.07, 6.45) is 2.62. The van der Waals surface area contributed by atoms with E-state index in [9.17, 15) is 8.42 Å². The molecule has 1 heterocycles. The largest absolute Gasteiger partial charge is 0.362 e. The summed E-state index contributed by atoms with van der Waals surface area (Å²) in [5.74, 6) is 0. The summed E-state index contributed by atoms with van der Waals surface area (Å²) in [5, 5.41) is 4.29. The van der Waals surface area contributed by atoms with Crippen LogP contribution in [-0.4, -0.2) is 25.3 Å². The van der Waals surface area contributed by atoms with Crippen LogP contribution in [0.4, 0.5) is 0 Å². The summed E-state index contributed by atoms with van der Waals surface area (Å²) in [5.41, 5.74) is 1.57. The number of aryl methyl sites for hydroxylation is 1. The van der Waals surface area contributed by atoms with Crippen LogP contribution in [0, 0.1) is 13.8 Å². The normalized spacial score (nSPS) is 16.8. The van der Waals surface area contributed by atoms with Crippen LogP contribution in [0.25, 0.3) is 0 Å². The Morgan fingerprint density at radius 2 is 1.92 bits per heavy atom. The summed E-state index contributed by atoms with van der Waals surface area (Å²) in [6.45, 7) is 3.69. The number of hydrogen-bond acceptors (Lipinski definition) is 4. The second-order valence-electron chi connectivity index (χ2n) is 6.32. The first kappa shape index (κ1) is 17.1. The van der Waals surface area contributed by atoms with Crippen molar-refractivity contribution >= 4 is 10.0 Å². The van der Waals surface area contributed by atoms with Gasteiger partial charge >= 0.3 is 0 Å². The fourth-order valence-corrected chi connectivity index (χ4v) is 5.23. The number of nitrogens with one attached hydrogen (secondary N) is 1. The smallest absolute Gasteiger partial charge is 0.245 e. The summed E-state index contributed by atoms with van der Waals surface area (Å²) >= 11 is 0. The lowest BCUT2D eigenvalue weighted by atomic mass is 9.73. The van der Waals surface area contributed by atoms with Gasteiger partial charge in [0.25, 0.3) is 0 Å². The van der Waals surface area contributed by atoms with Gasteiger partial charge in [0.15, 0.2) is 0 Å². The molecule has 0 amide bonds. The molecule has 6 nitrogen and oxygen atoms in total. The van der Waals surface area contributed by atoms with E-state index in [0.717, 1.165) is 24.8 Å². The van der Waals surface area contributed by atoms with Crippen LogP contribution >= 0.6 is 0 Å². The molecule has 0 unspecified atom stereocenters. The molecule has 130 valence electrons. The number of aromatic nitrogens is 2. The van der Waals surface area contributed by atoms with E-state index in [1.54, 1.807) is 25.6 Å². The Morgan fingerprint density at radius 1 is 1.25 bits per heavy atom. The SMILES string of the molecule is COCn1nc(C)c(S(=O)(=O)NC2(c3ccccc3)CCC2)c1C. The highest BCUT2D eigenvalue weighted by molar-refractivity contribution is 7.89. The Balaban J connectivity index is 1.97. The van der Waals surface area contributed by atoms with E-state index in [2.05, 4.69) is 9.82 Å². The van der Waals surface area contributed by atoms with E-state index < -0.39 is 15.6 Å². The van der Waals surface area contributed by atoms with Gasteiger partial charge in [-0.25, -0.2) is 17.8 Å². The Kier molecular flexibility index (Phi) is 4.50. The summed E-state index contributed by atoms with van der Waals surface area (Å²) in [7, 11) is -2.12. The molecule has 1 aromatic carbocycles. The van der Waals surface area contributed by atoms with Gasteiger partial charge in [0.1, 0.15) is 11.6 Å². The molecule has 0 spiro atoms. The van der Waals surface area contributed by atoms with E-state index >= 15 is 0 Å². The molecule has 1 aromatic heterocycles. The predicted molar refractivity (Wildman–Crippen MR) is 91.0 cm³/mol. The number of hydrogen-bond donors (Lipinski definition) is 1. The van der Waals surface area contributed by atoms with E-state index in [0.29, 0.717) is 11.4 Å². The summed E-state index contributed by atoms with van der Waals surface area (Å²) in [6, 6.07) is 9.78. The fraction of sp³-hybridized carbons (Fsp3) is 0.471. The van der Waals surface area contributed by atoms with Crippen molar-refractivity contribution in [1.29, 1.82) is 0 Å². The van der Waals surface area contributed by atoms with Crippen molar-refractivity contribution in [3.63, 3.8) is 0 Å². The maximum Gasteiger partial charge on any atom is 0.245 e. The number of nitrogens with zero attached hydrogens (tertiary/aromatic N) is 2. The van der Waals surface area contributed by atoms with E-state index in [1.807, 2.05) is 30.3 Å². The first-order valence-corrected chi connectivity index (χ1v) is 9.50. The molecule has 0 bridgehead atoms. The highest BCUT2D eigenvalue weighted by atomic mass is 32.2. The van der Waals surface area contributed by atoms with Gasteiger partial charge < -0.3 is 4.74 Å². The van der Waals surface area contributed by atoms with E-state index in [-0.39, 0.29) is 11.6 Å². The number of rotatable bonds is 6. The van der Waals surface area contributed by atoms with Crippen LogP contribution in [0.2, 0.25) is 0 Å². The lowest BCUT2D eigenvalue weighted by molar-refractivity contribution is 0.118. The standard InChI is InChI=1S/C17H23N3O3S/c1-13-16(14(2)20(18-13)12-23-3)24(21,22)19-17(10-7-11-17)15-8-5-4-6-9-15/h4-6,8-9,19H,7,10-12H2,1-3H3. The molecule has 1 fully saturated rings. The number of ether oxygens (including phenoxy) is 1. The molecule has 0 atom stereocenters. The zero-order chi connectivity index (χ0) is 17.4. The number of benzene rings is 1. The molecule has 3 rings (SSSR count). The van der Waals surface area contributed by atoms with Crippen LogP contribution in [0.15, 0.2) is 35.2 Å². The van der Waals surface area contributed by atoms with Crippen molar-refractivity contribution in [1.82, 2.24) is 14.5 Å². The van der Waals surface area contributed by atoms with Crippen LogP contribution in [0.1, 0.15) is 36.2 Å². The molecule has 1 aliphatic carbocycles. The van der Waals surface area contributed by atoms with Gasteiger partial charge in [-0.3, -0.25) is 0 Å². The molecule has 7 heteroatoms. The topological polar surface area (TPSA) is 73.2 Å². The highest BCUT2D eigenvalue weighted by Gasteiger charge is 2.43. The molecule has 1 aliphatic rings. The van der Waals surface area contributed by atoms with Gasteiger partial charge in [-0.15, -0.1) is 0 Å². The maximum absolute atomic E-state index is 13.1. The summed E-state index contributed by atoms with van der Waals surface area (Å²) in [4.78, 5) is 0.252. The van der Waals surface area contributed by atoms with Crippen molar-refractivity contribution in [2.75, 3.05) is 7.11 Å². The average Bonchev–Trinajstić information content (AvgIpc) is 2.79. The van der Waals surface area contributed by atoms with Crippen molar-refractivity contribution in [3.05, 3.63) is 47.3 Å². The first-order chi connectivity index (χ1) is 11.4. The molecule has 1 saturated carbocycles. The number of sulfonamides is 1. The fourth-order valence-electron chi connectivity index (χ4n) is 3.36. The van der Waals surface area contributed by atoms with Crippen molar-refractivity contribution in [3.8, 4) is 0 Å². The van der Waals surface area contributed by atoms with Gasteiger partial charge in [-0.1, -0.05) is 30.3 Å². The Labute approximate surface area is 142 Å². The minimum atomic E-state index is -3.67. The molecule has 0 aliphatic heterocycles. The van der Waals surface area contributed by atoms with Crippen LogP contribution in [0.3, 0.4) is 0 Å². The Bertz CT molecular complexity index is 824. The van der Waals surface area contributed by atoms with Gasteiger partial charge in [0.2, 0.25) is 10.0 Å². The molecular weight excluding hydrogens is 326 g/mol. The third kappa shape index (κ3) is 2.87.